The Bertz CT molecular complexity index is 2140. The highest BCUT2D eigenvalue weighted by Gasteiger charge is 2.35. The van der Waals surface area contributed by atoms with Crippen LogP contribution in [0.25, 0.3) is 23.1 Å². The maximum absolute atomic E-state index is 14.2. The number of hydrogen-bond acceptors (Lipinski definition) is 8. The smallest absolute Gasteiger partial charge is 0.338 e. The molecule has 3 heterocycles. The zero-order chi connectivity index (χ0) is 32.4. The van der Waals surface area contributed by atoms with E-state index in [2.05, 4.69) is 13.8 Å². The molecule has 1 aliphatic heterocycles. The number of methoxy groups -OCH3 is 1. The number of aromatic nitrogens is 1. The molecule has 0 N–H and O–H groups in total. The van der Waals surface area contributed by atoms with E-state index >= 15 is 0 Å². The molecule has 1 atom stereocenters. The van der Waals surface area contributed by atoms with Crippen LogP contribution in [0, 0.1) is 0 Å². The van der Waals surface area contributed by atoms with Crippen molar-refractivity contribution in [3.8, 4) is 11.3 Å². The summed E-state index contributed by atoms with van der Waals surface area (Å²) in [6.45, 7) is 6.17. The van der Waals surface area contributed by atoms with E-state index < -0.39 is 18.0 Å². The molecule has 8 nitrogen and oxygen atoms in total. The first-order valence-corrected chi connectivity index (χ1v) is 15.8. The Balaban J connectivity index is 1.52. The van der Waals surface area contributed by atoms with Crippen molar-refractivity contribution in [3.05, 3.63) is 144 Å². The molecular formula is C37H32N2O6S. The van der Waals surface area contributed by atoms with Gasteiger partial charge in [0.25, 0.3) is 5.56 Å². The average molecular weight is 633 g/mol. The third kappa shape index (κ3) is 5.89. The first-order valence-electron chi connectivity index (χ1n) is 15.0. The Morgan fingerprint density at radius 1 is 0.957 bits per heavy atom. The SMILES string of the molecule is CCOC(=O)C1=C(c2ccccc2)N=c2s/c(=C\c3ccc(-c4cccc(C(=O)OC)c4)o3)c(=O)n2[C@@H]1c1ccc(C(C)C)cc1. The first kappa shape index (κ1) is 30.7. The van der Waals surface area contributed by atoms with Crippen LogP contribution in [0.2, 0.25) is 0 Å². The van der Waals surface area contributed by atoms with Gasteiger partial charge in [-0.1, -0.05) is 91.9 Å². The number of fused-ring (bicyclic) bond motifs is 1. The molecule has 0 spiro atoms. The second-order valence-corrected chi connectivity index (χ2v) is 12.0. The van der Waals surface area contributed by atoms with E-state index in [9.17, 15) is 14.4 Å². The summed E-state index contributed by atoms with van der Waals surface area (Å²) in [6, 6.07) is 27.2. The largest absolute Gasteiger partial charge is 0.465 e. The van der Waals surface area contributed by atoms with Crippen LogP contribution in [0.3, 0.4) is 0 Å². The summed E-state index contributed by atoms with van der Waals surface area (Å²) in [7, 11) is 1.33. The molecule has 0 amide bonds. The van der Waals surface area contributed by atoms with Gasteiger partial charge in [0.2, 0.25) is 0 Å². The van der Waals surface area contributed by atoms with Crippen LogP contribution in [-0.2, 0) is 14.3 Å². The molecular weight excluding hydrogens is 600 g/mol. The van der Waals surface area contributed by atoms with Crippen molar-refractivity contribution in [1.82, 2.24) is 4.57 Å². The Hall–Kier alpha value is -5.28. The fourth-order valence-corrected chi connectivity index (χ4v) is 6.43. The van der Waals surface area contributed by atoms with Gasteiger partial charge in [-0.15, -0.1) is 0 Å². The first-order chi connectivity index (χ1) is 22.3. The van der Waals surface area contributed by atoms with Gasteiger partial charge in [0.05, 0.1) is 41.1 Å². The lowest BCUT2D eigenvalue weighted by molar-refractivity contribution is -0.138. The fraction of sp³-hybridized carbons (Fsp3) is 0.189. The van der Waals surface area contributed by atoms with Gasteiger partial charge in [0, 0.05) is 17.2 Å². The number of carbonyl (C=O) groups excluding carboxylic acids is 2. The van der Waals surface area contributed by atoms with Gasteiger partial charge >= 0.3 is 11.9 Å². The molecule has 3 aromatic carbocycles. The highest BCUT2D eigenvalue weighted by Crippen LogP contribution is 2.35. The Labute approximate surface area is 269 Å². The molecule has 46 heavy (non-hydrogen) atoms. The lowest BCUT2D eigenvalue weighted by atomic mass is 9.91. The summed E-state index contributed by atoms with van der Waals surface area (Å²) in [5.74, 6) is 0.331. The van der Waals surface area contributed by atoms with E-state index in [0.717, 1.165) is 16.7 Å². The zero-order valence-electron chi connectivity index (χ0n) is 25.9. The number of thiazole rings is 1. The van der Waals surface area contributed by atoms with Crippen LogP contribution in [0.15, 0.2) is 111 Å². The monoisotopic (exact) mass is 632 g/mol. The van der Waals surface area contributed by atoms with Crippen LogP contribution in [0.1, 0.15) is 65.5 Å². The molecule has 1 aliphatic rings. The maximum Gasteiger partial charge on any atom is 0.338 e. The molecule has 0 unspecified atom stereocenters. The van der Waals surface area contributed by atoms with Gasteiger partial charge in [0.1, 0.15) is 11.5 Å². The van der Waals surface area contributed by atoms with E-state index in [4.69, 9.17) is 18.9 Å². The van der Waals surface area contributed by atoms with Crippen LogP contribution < -0.4 is 14.9 Å². The highest BCUT2D eigenvalue weighted by atomic mass is 32.1. The average Bonchev–Trinajstić information content (AvgIpc) is 3.68. The predicted octanol–water partition coefficient (Wildman–Crippen LogP) is 6.11. The third-order valence-electron chi connectivity index (χ3n) is 7.76. The van der Waals surface area contributed by atoms with E-state index in [1.807, 2.05) is 60.7 Å². The van der Waals surface area contributed by atoms with Gasteiger partial charge in [-0.25, -0.2) is 14.6 Å². The lowest BCUT2D eigenvalue weighted by Gasteiger charge is -2.26. The topological polar surface area (TPSA) is 100 Å². The van der Waals surface area contributed by atoms with Crippen molar-refractivity contribution in [2.75, 3.05) is 13.7 Å². The minimum atomic E-state index is -0.762. The highest BCUT2D eigenvalue weighted by molar-refractivity contribution is 7.07. The molecule has 6 rings (SSSR count). The van der Waals surface area contributed by atoms with Crippen LogP contribution in [0.4, 0.5) is 0 Å². The Morgan fingerprint density at radius 3 is 2.39 bits per heavy atom. The summed E-state index contributed by atoms with van der Waals surface area (Å²) in [6.07, 6.45) is 1.67. The summed E-state index contributed by atoms with van der Waals surface area (Å²) in [5.41, 5.74) is 4.23. The Morgan fingerprint density at radius 2 is 1.70 bits per heavy atom. The maximum atomic E-state index is 14.2. The minimum absolute atomic E-state index is 0.178. The normalized spacial score (nSPS) is 14.6. The van der Waals surface area contributed by atoms with Crippen molar-refractivity contribution in [2.24, 2.45) is 4.99 Å². The number of hydrogen-bond donors (Lipinski definition) is 0. The van der Waals surface area contributed by atoms with Gasteiger partial charge < -0.3 is 13.9 Å². The van der Waals surface area contributed by atoms with Crippen molar-refractivity contribution in [1.29, 1.82) is 0 Å². The van der Waals surface area contributed by atoms with Gasteiger partial charge in [0.15, 0.2) is 4.80 Å². The summed E-state index contributed by atoms with van der Waals surface area (Å²) in [4.78, 5) is 45.3. The molecule has 0 bridgehead atoms. The minimum Gasteiger partial charge on any atom is -0.465 e. The number of carbonyl (C=O) groups is 2. The molecule has 0 saturated heterocycles. The second-order valence-electron chi connectivity index (χ2n) is 11.0. The van der Waals surface area contributed by atoms with E-state index in [1.165, 1.54) is 18.4 Å². The standard InChI is InChI=1S/C37H32N2O6S/c1-5-44-36(42)31-32(24-10-7-6-8-11-24)38-37-39(33(31)25-16-14-23(15-17-25)22(2)3)34(40)30(46-37)21-28-18-19-29(45-28)26-12-9-13-27(20-26)35(41)43-4/h6-22,33H,5H2,1-4H3/b30-21-/t33-/m1/s1. The van der Waals surface area contributed by atoms with E-state index in [0.29, 0.717) is 49.2 Å². The number of furan rings is 1. The van der Waals surface area contributed by atoms with Crippen molar-refractivity contribution < 1.29 is 23.5 Å². The molecule has 0 aliphatic carbocycles. The van der Waals surface area contributed by atoms with Crippen LogP contribution >= 0.6 is 11.3 Å². The number of rotatable bonds is 8. The summed E-state index contributed by atoms with van der Waals surface area (Å²) < 4.78 is 18.5. The molecule has 232 valence electrons. The van der Waals surface area contributed by atoms with E-state index in [-0.39, 0.29) is 12.2 Å². The molecule has 0 saturated carbocycles. The van der Waals surface area contributed by atoms with Crippen molar-refractivity contribution in [2.45, 2.75) is 32.7 Å². The predicted molar refractivity (Wildman–Crippen MR) is 177 cm³/mol. The number of nitrogens with zero attached hydrogens (tertiary/aromatic N) is 2. The number of esters is 2. The van der Waals surface area contributed by atoms with Gasteiger partial charge in [-0.3, -0.25) is 9.36 Å². The molecule has 0 fully saturated rings. The summed E-state index contributed by atoms with van der Waals surface area (Å²) >= 11 is 1.22. The molecule has 0 radical (unpaired) electrons. The van der Waals surface area contributed by atoms with Crippen LogP contribution in [0.5, 0.6) is 0 Å². The van der Waals surface area contributed by atoms with Crippen LogP contribution in [-0.4, -0.2) is 30.2 Å². The second kappa shape index (κ2) is 13.0. The van der Waals surface area contributed by atoms with Crippen molar-refractivity contribution >= 4 is 35.0 Å². The van der Waals surface area contributed by atoms with Gasteiger partial charge in [-0.05, 0) is 48.2 Å². The third-order valence-corrected chi connectivity index (χ3v) is 8.74. The van der Waals surface area contributed by atoms with Gasteiger partial charge in [-0.2, -0.15) is 0 Å². The quantitative estimate of drug-likeness (QED) is 0.192. The fourth-order valence-electron chi connectivity index (χ4n) is 5.45. The number of ether oxygens (including phenoxy) is 2. The molecule has 9 heteroatoms. The van der Waals surface area contributed by atoms with E-state index in [1.54, 1.807) is 47.9 Å². The van der Waals surface area contributed by atoms with Crippen molar-refractivity contribution in [3.63, 3.8) is 0 Å². The molecule has 5 aromatic rings. The zero-order valence-corrected chi connectivity index (χ0v) is 26.7. The number of benzene rings is 3. The lowest BCUT2D eigenvalue weighted by Crippen LogP contribution is -2.40. The Kier molecular flexibility index (Phi) is 8.68. The molecule has 2 aromatic heterocycles. The summed E-state index contributed by atoms with van der Waals surface area (Å²) in [5, 5.41) is 0.